The minimum Gasteiger partial charge on any atom is -0.481 e. The lowest BCUT2D eigenvalue weighted by atomic mass is 10.1. The van der Waals surface area contributed by atoms with Crippen molar-refractivity contribution in [3.63, 3.8) is 0 Å². The summed E-state index contributed by atoms with van der Waals surface area (Å²) in [7, 11) is 0. The molecule has 0 aliphatic carbocycles. The van der Waals surface area contributed by atoms with Crippen LogP contribution in [0.4, 0.5) is 0 Å². The van der Waals surface area contributed by atoms with Crippen molar-refractivity contribution in [1.29, 1.82) is 0 Å². The molecule has 1 aliphatic heterocycles. The highest BCUT2D eigenvalue weighted by Crippen LogP contribution is 2.19. The lowest BCUT2D eigenvalue weighted by Gasteiger charge is -2.27. The number of thiol groups is 1. The predicted molar refractivity (Wildman–Crippen MR) is 91.4 cm³/mol. The molecule has 12 heteroatoms. The van der Waals surface area contributed by atoms with E-state index in [-0.39, 0.29) is 5.75 Å². The Hall–Kier alpha value is -2.34. The normalized spacial score (nSPS) is 18.7. The zero-order chi connectivity index (χ0) is 19.9. The number of hydrogen-bond donors (Lipinski definition) is 6. The fraction of sp³-hybridized carbons (Fsp3) is 0.643. The summed E-state index contributed by atoms with van der Waals surface area (Å²) in [6.45, 7) is -0.400. The number of hydrogen-bond acceptors (Lipinski definition) is 7. The van der Waals surface area contributed by atoms with Gasteiger partial charge < -0.3 is 31.5 Å². The molecular weight excluding hydrogens is 368 g/mol. The maximum Gasteiger partial charge on any atom is 0.322 e. The first-order valence-corrected chi connectivity index (χ1v) is 8.49. The van der Waals surface area contributed by atoms with Gasteiger partial charge >= 0.3 is 11.9 Å². The van der Waals surface area contributed by atoms with Crippen molar-refractivity contribution < 1.29 is 34.2 Å². The molecule has 1 fully saturated rings. The average molecular weight is 390 g/mol. The van der Waals surface area contributed by atoms with Gasteiger partial charge in [0.25, 0.3) is 0 Å². The molecule has 6 N–H and O–H groups in total. The van der Waals surface area contributed by atoms with E-state index in [4.69, 9.17) is 15.9 Å². The highest BCUT2D eigenvalue weighted by Gasteiger charge is 2.37. The number of nitrogens with two attached hydrogens (primary N) is 1. The van der Waals surface area contributed by atoms with Gasteiger partial charge in [-0.1, -0.05) is 0 Å². The molecule has 146 valence electrons. The van der Waals surface area contributed by atoms with Gasteiger partial charge in [-0.15, -0.1) is 0 Å². The summed E-state index contributed by atoms with van der Waals surface area (Å²) in [5, 5.41) is 21.8. The second-order valence-corrected chi connectivity index (χ2v) is 6.11. The zero-order valence-corrected chi connectivity index (χ0v) is 14.8. The lowest BCUT2D eigenvalue weighted by Crippen LogP contribution is -2.56. The van der Waals surface area contributed by atoms with E-state index in [1.165, 1.54) is 4.90 Å². The molecule has 0 aromatic heterocycles. The van der Waals surface area contributed by atoms with Crippen molar-refractivity contribution in [2.45, 2.75) is 37.4 Å². The summed E-state index contributed by atoms with van der Waals surface area (Å²) in [5.74, 6) is -4.65. The van der Waals surface area contributed by atoms with Crippen molar-refractivity contribution >= 4 is 42.3 Å². The Balaban J connectivity index is 2.80. The number of carbonyl (C=O) groups is 5. The van der Waals surface area contributed by atoms with Gasteiger partial charge in [-0.25, -0.2) is 0 Å². The van der Waals surface area contributed by atoms with E-state index in [9.17, 15) is 24.0 Å². The van der Waals surface area contributed by atoms with E-state index in [1.54, 1.807) is 0 Å². The molecule has 0 aromatic rings. The molecule has 1 rings (SSSR count). The number of likely N-dealkylation sites (tertiary alicyclic amines) is 1. The van der Waals surface area contributed by atoms with E-state index in [1.807, 2.05) is 5.32 Å². The number of carboxylic acid groups (broad SMARTS) is 2. The molecule has 0 radical (unpaired) electrons. The first-order valence-electron chi connectivity index (χ1n) is 7.86. The Morgan fingerprint density at radius 2 is 1.85 bits per heavy atom. The summed E-state index contributed by atoms with van der Waals surface area (Å²) in [6.07, 6.45) is 0.166. The number of rotatable bonds is 9. The zero-order valence-electron chi connectivity index (χ0n) is 13.9. The number of aliphatic carboxylic acids is 2. The Kier molecular flexibility index (Phi) is 8.32. The van der Waals surface area contributed by atoms with Gasteiger partial charge in [0.15, 0.2) is 0 Å². The third-order valence-electron chi connectivity index (χ3n) is 3.78. The van der Waals surface area contributed by atoms with Crippen molar-refractivity contribution in [1.82, 2.24) is 15.5 Å². The quantitative estimate of drug-likeness (QED) is 0.232. The Labute approximate surface area is 154 Å². The summed E-state index contributed by atoms with van der Waals surface area (Å²) in [4.78, 5) is 59.3. The van der Waals surface area contributed by atoms with Crippen LogP contribution in [0.3, 0.4) is 0 Å². The summed E-state index contributed by atoms with van der Waals surface area (Å²) >= 11 is 3.95. The maximum absolute atomic E-state index is 12.5. The first kappa shape index (κ1) is 21.7. The first-order chi connectivity index (χ1) is 12.2. The van der Waals surface area contributed by atoms with Gasteiger partial charge in [-0.2, -0.15) is 12.6 Å². The fourth-order valence-electron chi connectivity index (χ4n) is 2.53. The highest BCUT2D eigenvalue weighted by molar-refractivity contribution is 7.80. The molecule has 0 saturated carbocycles. The number of carbonyl (C=O) groups excluding carboxylic acids is 3. The van der Waals surface area contributed by atoms with E-state index >= 15 is 0 Å². The molecule has 3 amide bonds. The van der Waals surface area contributed by atoms with Crippen molar-refractivity contribution in [3.8, 4) is 0 Å². The summed E-state index contributed by atoms with van der Waals surface area (Å²) in [5.41, 5.74) is 5.65. The molecule has 3 atom stereocenters. The maximum atomic E-state index is 12.5. The minimum atomic E-state index is -1.46. The van der Waals surface area contributed by atoms with Gasteiger partial charge in [0.05, 0.1) is 12.5 Å². The van der Waals surface area contributed by atoms with Crippen LogP contribution >= 0.6 is 12.6 Å². The topological polar surface area (TPSA) is 179 Å². The summed E-state index contributed by atoms with van der Waals surface area (Å²) in [6, 6.07) is -3.21. The third kappa shape index (κ3) is 6.19. The van der Waals surface area contributed by atoms with Crippen LogP contribution in [0.25, 0.3) is 0 Å². The Morgan fingerprint density at radius 1 is 1.19 bits per heavy atom. The van der Waals surface area contributed by atoms with Crippen LogP contribution in [0, 0.1) is 0 Å². The number of amides is 3. The van der Waals surface area contributed by atoms with E-state index in [0.717, 1.165) is 0 Å². The molecule has 1 heterocycles. The third-order valence-corrected chi connectivity index (χ3v) is 4.17. The molecule has 3 unspecified atom stereocenters. The molecule has 26 heavy (non-hydrogen) atoms. The van der Waals surface area contributed by atoms with Gasteiger partial charge in [0, 0.05) is 12.3 Å². The molecule has 1 aliphatic rings. The van der Waals surface area contributed by atoms with E-state index in [2.05, 4.69) is 17.9 Å². The lowest BCUT2D eigenvalue weighted by molar-refractivity contribution is -0.143. The number of nitrogens with zero attached hydrogens (tertiary/aromatic N) is 1. The van der Waals surface area contributed by atoms with Crippen LogP contribution in [-0.2, 0) is 24.0 Å². The molecular formula is C14H22N4O7S. The van der Waals surface area contributed by atoms with E-state index in [0.29, 0.717) is 19.4 Å². The van der Waals surface area contributed by atoms with Crippen LogP contribution in [0.2, 0.25) is 0 Å². The van der Waals surface area contributed by atoms with Crippen molar-refractivity contribution in [2.24, 2.45) is 5.73 Å². The Morgan fingerprint density at radius 3 is 2.38 bits per heavy atom. The highest BCUT2D eigenvalue weighted by atomic mass is 32.1. The van der Waals surface area contributed by atoms with Crippen molar-refractivity contribution in [2.75, 3.05) is 18.8 Å². The SMILES string of the molecule is NC(CS)C(=O)N1CCCC1C(=O)NC(CC(=O)O)C(=O)NCC(=O)O. The van der Waals surface area contributed by atoms with Crippen molar-refractivity contribution in [3.05, 3.63) is 0 Å². The second-order valence-electron chi connectivity index (χ2n) is 5.75. The molecule has 0 aromatic carbocycles. The summed E-state index contributed by atoms with van der Waals surface area (Å²) < 4.78 is 0. The predicted octanol–water partition coefficient (Wildman–Crippen LogP) is -2.61. The molecule has 0 spiro atoms. The second kappa shape index (κ2) is 9.97. The molecule has 0 bridgehead atoms. The monoisotopic (exact) mass is 390 g/mol. The standard InChI is InChI=1S/C14H22N4O7S/c15-7(6-26)14(25)18-3-1-2-9(18)13(24)17-8(4-10(19)20)12(23)16-5-11(21)22/h7-9,26H,1-6,15H2,(H,16,23)(H,17,24)(H,19,20)(H,21,22). The molecule has 11 nitrogen and oxygen atoms in total. The van der Waals surface area contributed by atoms with Gasteiger partial charge in [0.1, 0.15) is 18.6 Å². The molecule has 1 saturated heterocycles. The van der Waals surface area contributed by atoms with Crippen LogP contribution in [0.1, 0.15) is 19.3 Å². The van der Waals surface area contributed by atoms with E-state index < -0.39 is 60.8 Å². The smallest absolute Gasteiger partial charge is 0.322 e. The fourth-order valence-corrected chi connectivity index (χ4v) is 2.69. The Bertz CT molecular complexity index is 586. The minimum absolute atomic E-state index is 0.100. The number of carboxylic acids is 2. The van der Waals surface area contributed by atoms with Crippen LogP contribution in [-0.4, -0.2) is 81.7 Å². The average Bonchev–Trinajstić information content (AvgIpc) is 3.06. The number of nitrogens with one attached hydrogen (secondary N) is 2. The van der Waals surface area contributed by atoms with Gasteiger partial charge in [-0.3, -0.25) is 24.0 Å². The van der Waals surface area contributed by atoms with Crippen LogP contribution < -0.4 is 16.4 Å². The van der Waals surface area contributed by atoms with Crippen LogP contribution in [0.5, 0.6) is 0 Å². The van der Waals surface area contributed by atoms with Crippen LogP contribution in [0.15, 0.2) is 0 Å². The largest absolute Gasteiger partial charge is 0.481 e. The van der Waals surface area contributed by atoms with Gasteiger partial charge in [0.2, 0.25) is 17.7 Å². The van der Waals surface area contributed by atoms with Gasteiger partial charge in [-0.05, 0) is 12.8 Å².